The van der Waals surface area contributed by atoms with Crippen LogP contribution >= 0.6 is 0 Å². The molecule has 0 bridgehead atoms. The second-order valence-corrected chi connectivity index (χ2v) is 10.7. The lowest BCUT2D eigenvalue weighted by atomic mass is 9.78. The van der Waals surface area contributed by atoms with Crippen molar-refractivity contribution in [2.75, 3.05) is 31.1 Å². The van der Waals surface area contributed by atoms with E-state index in [-0.39, 0.29) is 23.8 Å². The maximum atomic E-state index is 12.3. The van der Waals surface area contributed by atoms with Crippen LogP contribution in [0.3, 0.4) is 0 Å². The average molecular weight is 456 g/mol. The number of likely N-dealkylation sites (tertiary alicyclic amines) is 1. The molecule has 1 unspecified atom stereocenters. The van der Waals surface area contributed by atoms with Crippen molar-refractivity contribution in [3.8, 4) is 0 Å². The van der Waals surface area contributed by atoms with Crippen LogP contribution in [-0.4, -0.2) is 54.6 Å². The first-order valence-corrected chi connectivity index (χ1v) is 12.4. The number of hydrogen-bond donors (Lipinski definition) is 1. The molecule has 0 spiro atoms. The first-order chi connectivity index (χ1) is 15.7. The third-order valence-electron chi connectivity index (χ3n) is 7.27. The molecule has 0 saturated carbocycles. The molecular formula is C26H37N3O4. The third kappa shape index (κ3) is 5.87. The van der Waals surface area contributed by atoms with Gasteiger partial charge in [0.05, 0.1) is 5.92 Å². The zero-order valence-electron chi connectivity index (χ0n) is 20.1. The number of benzene rings is 1. The minimum absolute atomic E-state index is 0.175. The molecule has 0 aliphatic carbocycles. The van der Waals surface area contributed by atoms with E-state index >= 15 is 0 Å². The van der Waals surface area contributed by atoms with Gasteiger partial charge >= 0.3 is 6.09 Å². The van der Waals surface area contributed by atoms with Crippen LogP contribution in [0.4, 0.5) is 10.5 Å². The van der Waals surface area contributed by atoms with Gasteiger partial charge in [-0.2, -0.15) is 0 Å². The normalized spacial score (nSPS) is 23.4. The highest BCUT2D eigenvalue weighted by molar-refractivity contribution is 6.01. The van der Waals surface area contributed by atoms with Gasteiger partial charge in [0.15, 0.2) is 0 Å². The van der Waals surface area contributed by atoms with E-state index in [9.17, 15) is 14.4 Å². The van der Waals surface area contributed by atoms with E-state index in [1.165, 1.54) is 0 Å². The molecule has 3 amide bonds. The number of piperidine rings is 3. The Kier molecular flexibility index (Phi) is 6.96. The van der Waals surface area contributed by atoms with Gasteiger partial charge in [0.2, 0.25) is 11.8 Å². The largest absolute Gasteiger partial charge is 0.444 e. The quantitative estimate of drug-likeness (QED) is 0.695. The highest BCUT2D eigenvalue weighted by Crippen LogP contribution is 2.35. The van der Waals surface area contributed by atoms with Gasteiger partial charge in [0, 0.05) is 38.3 Å². The van der Waals surface area contributed by atoms with E-state index in [0.717, 1.165) is 63.1 Å². The molecule has 7 heteroatoms. The summed E-state index contributed by atoms with van der Waals surface area (Å²) in [6.45, 7) is 9.32. The van der Waals surface area contributed by atoms with Crippen LogP contribution in [0.5, 0.6) is 0 Å². The highest BCUT2D eigenvalue weighted by Gasteiger charge is 2.33. The van der Waals surface area contributed by atoms with Gasteiger partial charge in [-0.05, 0) is 82.4 Å². The lowest BCUT2D eigenvalue weighted by Gasteiger charge is -2.41. The van der Waals surface area contributed by atoms with Crippen molar-refractivity contribution < 1.29 is 19.1 Å². The topological polar surface area (TPSA) is 79.0 Å². The Morgan fingerprint density at radius 1 is 0.970 bits per heavy atom. The summed E-state index contributed by atoms with van der Waals surface area (Å²) in [6, 6.07) is 8.26. The van der Waals surface area contributed by atoms with Gasteiger partial charge in [-0.3, -0.25) is 14.9 Å². The van der Waals surface area contributed by atoms with Gasteiger partial charge in [-0.25, -0.2) is 4.79 Å². The van der Waals surface area contributed by atoms with Crippen molar-refractivity contribution in [2.24, 2.45) is 11.8 Å². The van der Waals surface area contributed by atoms with Crippen LogP contribution in [-0.2, 0) is 14.3 Å². The van der Waals surface area contributed by atoms with Crippen LogP contribution in [0.1, 0.15) is 70.8 Å². The zero-order valence-corrected chi connectivity index (χ0v) is 20.1. The van der Waals surface area contributed by atoms with Crippen molar-refractivity contribution in [3.05, 3.63) is 29.8 Å². The van der Waals surface area contributed by atoms with Crippen LogP contribution in [0.2, 0.25) is 0 Å². The smallest absolute Gasteiger partial charge is 0.410 e. The van der Waals surface area contributed by atoms with Gasteiger partial charge in [-0.15, -0.1) is 0 Å². The molecule has 7 nitrogen and oxygen atoms in total. The Labute approximate surface area is 196 Å². The first kappa shape index (κ1) is 23.6. The van der Waals surface area contributed by atoms with E-state index in [2.05, 4.69) is 22.3 Å². The van der Waals surface area contributed by atoms with Crippen molar-refractivity contribution in [3.63, 3.8) is 0 Å². The molecule has 0 aromatic heterocycles. The van der Waals surface area contributed by atoms with Gasteiger partial charge in [0.1, 0.15) is 5.60 Å². The molecule has 1 aromatic rings. The second kappa shape index (κ2) is 9.74. The number of hydrogen-bond acceptors (Lipinski definition) is 5. The molecule has 1 atom stereocenters. The fourth-order valence-electron chi connectivity index (χ4n) is 5.46. The standard InChI is InChI=1S/C26H37N3O4/c1-26(2,3)33-25(32)29-15-11-19(12-16-29)18-9-13-28(14-10-18)21-6-4-5-20(17-21)22-7-8-23(30)27-24(22)31/h4-6,17-19,22H,7-16H2,1-3H3,(H,27,30,31). The maximum Gasteiger partial charge on any atom is 0.410 e. The molecule has 3 heterocycles. The summed E-state index contributed by atoms with van der Waals surface area (Å²) >= 11 is 0. The third-order valence-corrected chi connectivity index (χ3v) is 7.27. The van der Waals surface area contributed by atoms with Crippen molar-refractivity contribution in [2.45, 2.75) is 70.8 Å². The van der Waals surface area contributed by atoms with E-state index < -0.39 is 5.60 Å². The summed E-state index contributed by atoms with van der Waals surface area (Å²) in [5.41, 5.74) is 1.71. The zero-order chi connectivity index (χ0) is 23.6. The number of carbonyl (C=O) groups excluding carboxylic acids is 3. The molecule has 33 heavy (non-hydrogen) atoms. The van der Waals surface area contributed by atoms with E-state index in [4.69, 9.17) is 4.74 Å². The Hall–Kier alpha value is -2.57. The SMILES string of the molecule is CC(C)(C)OC(=O)N1CCC(C2CCN(c3cccc(C4CCC(=O)NC4=O)c3)CC2)CC1. The predicted octanol–water partition coefficient (Wildman–Crippen LogP) is 4.07. The monoisotopic (exact) mass is 455 g/mol. The summed E-state index contributed by atoms with van der Waals surface area (Å²) in [5, 5.41) is 2.47. The van der Waals surface area contributed by atoms with E-state index in [1.807, 2.05) is 37.8 Å². The summed E-state index contributed by atoms with van der Waals surface area (Å²) in [4.78, 5) is 40.3. The molecule has 4 rings (SSSR count). The lowest BCUT2D eigenvalue weighted by Crippen LogP contribution is -2.44. The highest BCUT2D eigenvalue weighted by atomic mass is 16.6. The van der Waals surface area contributed by atoms with Gasteiger partial charge in [0.25, 0.3) is 0 Å². The summed E-state index contributed by atoms with van der Waals surface area (Å²) < 4.78 is 5.52. The van der Waals surface area contributed by atoms with Crippen molar-refractivity contribution in [1.29, 1.82) is 0 Å². The minimum atomic E-state index is -0.448. The number of nitrogens with zero attached hydrogens (tertiary/aromatic N) is 2. The molecule has 3 saturated heterocycles. The number of ether oxygens (including phenoxy) is 1. The average Bonchev–Trinajstić information content (AvgIpc) is 2.78. The maximum absolute atomic E-state index is 12.3. The number of anilines is 1. The predicted molar refractivity (Wildman–Crippen MR) is 127 cm³/mol. The summed E-state index contributed by atoms with van der Waals surface area (Å²) in [5.74, 6) is 0.766. The van der Waals surface area contributed by atoms with Crippen LogP contribution in [0, 0.1) is 11.8 Å². The first-order valence-electron chi connectivity index (χ1n) is 12.4. The Balaban J connectivity index is 1.28. The summed E-state index contributed by atoms with van der Waals surface area (Å²) in [6.07, 6.45) is 5.20. The molecule has 1 aromatic carbocycles. The molecule has 3 fully saturated rings. The van der Waals surface area contributed by atoms with Crippen molar-refractivity contribution >= 4 is 23.6 Å². The number of nitrogens with one attached hydrogen (secondary N) is 1. The molecule has 1 N–H and O–H groups in total. The Bertz CT molecular complexity index is 878. The number of imide groups is 1. The fourth-order valence-corrected chi connectivity index (χ4v) is 5.46. The van der Waals surface area contributed by atoms with Crippen LogP contribution < -0.4 is 10.2 Å². The number of carbonyl (C=O) groups is 3. The fraction of sp³-hybridized carbons (Fsp3) is 0.654. The van der Waals surface area contributed by atoms with E-state index in [0.29, 0.717) is 24.7 Å². The van der Waals surface area contributed by atoms with Gasteiger partial charge < -0.3 is 14.5 Å². The van der Waals surface area contributed by atoms with Crippen LogP contribution in [0.25, 0.3) is 0 Å². The van der Waals surface area contributed by atoms with E-state index in [1.54, 1.807) is 0 Å². The number of rotatable bonds is 3. The number of amides is 3. The Morgan fingerprint density at radius 2 is 1.61 bits per heavy atom. The second-order valence-electron chi connectivity index (χ2n) is 10.7. The Morgan fingerprint density at radius 3 is 2.21 bits per heavy atom. The molecule has 0 radical (unpaired) electrons. The molecular weight excluding hydrogens is 418 g/mol. The summed E-state index contributed by atoms with van der Waals surface area (Å²) in [7, 11) is 0. The molecule has 180 valence electrons. The van der Waals surface area contributed by atoms with Crippen molar-refractivity contribution in [1.82, 2.24) is 10.2 Å². The minimum Gasteiger partial charge on any atom is -0.444 e. The lowest BCUT2D eigenvalue weighted by molar-refractivity contribution is -0.134. The molecule has 3 aliphatic rings. The molecule has 3 aliphatic heterocycles. The van der Waals surface area contributed by atoms with Crippen LogP contribution in [0.15, 0.2) is 24.3 Å². The van der Waals surface area contributed by atoms with Gasteiger partial charge in [-0.1, -0.05) is 12.1 Å².